The Kier molecular flexibility index (Phi) is 3.42. The summed E-state index contributed by atoms with van der Waals surface area (Å²) in [4.78, 5) is 22.9. The lowest BCUT2D eigenvalue weighted by Crippen LogP contribution is -2.57. The van der Waals surface area contributed by atoms with Gasteiger partial charge in [-0.3, -0.25) is 4.79 Å². The number of piperidine rings is 1. The quantitative estimate of drug-likeness (QED) is 0.723. The van der Waals surface area contributed by atoms with Crippen LogP contribution in [0.4, 0.5) is 0 Å². The zero-order valence-electron chi connectivity index (χ0n) is 15.0. The van der Waals surface area contributed by atoms with Crippen LogP contribution in [0.5, 0.6) is 0 Å². The van der Waals surface area contributed by atoms with Gasteiger partial charge in [-0.2, -0.15) is 0 Å². The first-order chi connectivity index (χ1) is 12.7. The molecule has 0 spiro atoms. The number of fused-ring (bicyclic) bond motifs is 4. The molecule has 132 valence electrons. The molecule has 26 heavy (non-hydrogen) atoms. The van der Waals surface area contributed by atoms with Crippen LogP contribution in [-0.4, -0.2) is 33.4 Å². The van der Waals surface area contributed by atoms with Crippen molar-refractivity contribution in [3.8, 4) is 0 Å². The minimum absolute atomic E-state index is 0.0548. The Morgan fingerprint density at radius 2 is 2.15 bits per heavy atom. The van der Waals surface area contributed by atoms with E-state index in [1.165, 1.54) is 11.1 Å². The maximum absolute atomic E-state index is 13.4. The van der Waals surface area contributed by atoms with Gasteiger partial charge in [0.25, 0.3) is 5.91 Å². The van der Waals surface area contributed by atoms with Crippen LogP contribution in [0.2, 0.25) is 0 Å². The first-order valence-corrected chi connectivity index (χ1v) is 9.49. The van der Waals surface area contributed by atoms with Gasteiger partial charge in [-0.05, 0) is 55.0 Å². The topological polar surface area (TPSA) is 49.0 Å². The minimum atomic E-state index is 0.0548. The molecule has 2 heterocycles. The molecule has 1 N–H and O–H groups in total. The summed E-state index contributed by atoms with van der Waals surface area (Å²) in [5, 5.41) is 0. The Labute approximate surface area is 153 Å². The van der Waals surface area contributed by atoms with Gasteiger partial charge in [0.1, 0.15) is 0 Å². The summed E-state index contributed by atoms with van der Waals surface area (Å²) in [5.74, 6) is 0.144. The van der Waals surface area contributed by atoms with Gasteiger partial charge < -0.3 is 9.88 Å². The van der Waals surface area contributed by atoms with Gasteiger partial charge in [0.15, 0.2) is 0 Å². The highest BCUT2D eigenvalue weighted by atomic mass is 16.2. The van der Waals surface area contributed by atoms with Gasteiger partial charge in [0.05, 0.1) is 17.4 Å². The number of carbonyl (C=O) groups is 1. The van der Waals surface area contributed by atoms with Crippen molar-refractivity contribution in [1.82, 2.24) is 14.9 Å². The SMILES string of the molecule is C[C@]12CCCN(C(=O)c3ccc4[nH]cnc4c3)C1CCc1ccccc12. The number of likely N-dealkylation sites (tertiary alicyclic amines) is 1. The van der Waals surface area contributed by atoms with Crippen molar-refractivity contribution in [3.05, 3.63) is 65.5 Å². The predicted octanol–water partition coefficient (Wildman–Crippen LogP) is 4.07. The molecule has 5 rings (SSSR count). The Balaban J connectivity index is 1.52. The summed E-state index contributed by atoms with van der Waals surface area (Å²) in [6.45, 7) is 3.20. The monoisotopic (exact) mass is 345 g/mol. The molecule has 1 aliphatic heterocycles. The van der Waals surface area contributed by atoms with Gasteiger partial charge in [-0.25, -0.2) is 4.98 Å². The van der Waals surface area contributed by atoms with E-state index in [1.54, 1.807) is 6.33 Å². The summed E-state index contributed by atoms with van der Waals surface area (Å²) in [7, 11) is 0. The Morgan fingerprint density at radius 3 is 3.08 bits per heavy atom. The lowest BCUT2D eigenvalue weighted by molar-refractivity contribution is 0.0390. The fraction of sp³-hybridized carbons (Fsp3) is 0.364. The number of aromatic amines is 1. The molecule has 1 saturated heterocycles. The van der Waals surface area contributed by atoms with Crippen molar-refractivity contribution in [2.45, 2.75) is 44.1 Å². The molecule has 3 aromatic rings. The highest BCUT2D eigenvalue weighted by Crippen LogP contribution is 2.46. The van der Waals surface area contributed by atoms with Crippen LogP contribution in [0, 0.1) is 0 Å². The number of rotatable bonds is 1. The van der Waals surface area contributed by atoms with Crippen LogP contribution in [0.1, 0.15) is 47.7 Å². The molecule has 4 nitrogen and oxygen atoms in total. The number of H-pyrrole nitrogens is 1. The normalized spacial score (nSPS) is 25.0. The van der Waals surface area contributed by atoms with Crippen molar-refractivity contribution in [2.75, 3.05) is 6.54 Å². The van der Waals surface area contributed by atoms with Gasteiger partial charge in [0, 0.05) is 23.6 Å². The predicted molar refractivity (Wildman–Crippen MR) is 102 cm³/mol. The van der Waals surface area contributed by atoms with Gasteiger partial charge in [-0.15, -0.1) is 0 Å². The second-order valence-corrected chi connectivity index (χ2v) is 7.87. The molecule has 2 atom stereocenters. The molecular formula is C22H23N3O. The first-order valence-electron chi connectivity index (χ1n) is 9.49. The number of hydrogen-bond donors (Lipinski definition) is 1. The van der Waals surface area contributed by atoms with E-state index in [2.05, 4.69) is 46.1 Å². The number of aryl methyl sites for hydroxylation is 1. The summed E-state index contributed by atoms with van der Waals surface area (Å²) in [6, 6.07) is 14.9. The number of amides is 1. The van der Waals surface area contributed by atoms with Crippen LogP contribution in [0.3, 0.4) is 0 Å². The molecule has 1 fully saturated rings. The second kappa shape index (κ2) is 5.70. The molecule has 0 radical (unpaired) electrons. The van der Waals surface area contributed by atoms with Crippen molar-refractivity contribution in [3.63, 3.8) is 0 Å². The van der Waals surface area contributed by atoms with Crippen LogP contribution in [0.15, 0.2) is 48.8 Å². The number of carbonyl (C=O) groups excluding carboxylic acids is 1. The molecule has 2 aromatic carbocycles. The maximum atomic E-state index is 13.4. The first kappa shape index (κ1) is 15.6. The number of nitrogens with one attached hydrogen (secondary N) is 1. The zero-order chi connectivity index (χ0) is 17.7. The van der Waals surface area contributed by atoms with Crippen molar-refractivity contribution >= 4 is 16.9 Å². The third kappa shape index (κ3) is 2.21. The van der Waals surface area contributed by atoms with Crippen LogP contribution >= 0.6 is 0 Å². The average Bonchev–Trinajstić information content (AvgIpc) is 3.14. The Hall–Kier alpha value is -2.62. The zero-order valence-corrected chi connectivity index (χ0v) is 15.0. The van der Waals surface area contributed by atoms with Crippen molar-refractivity contribution in [2.24, 2.45) is 0 Å². The van der Waals surface area contributed by atoms with E-state index < -0.39 is 0 Å². The summed E-state index contributed by atoms with van der Waals surface area (Å²) >= 11 is 0. The van der Waals surface area contributed by atoms with E-state index in [0.717, 1.165) is 48.8 Å². The highest BCUT2D eigenvalue weighted by molar-refractivity contribution is 5.97. The molecule has 1 unspecified atom stereocenters. The molecule has 4 heteroatoms. The molecule has 0 saturated carbocycles. The number of aromatic nitrogens is 2. The van der Waals surface area contributed by atoms with Gasteiger partial charge in [0.2, 0.25) is 0 Å². The van der Waals surface area contributed by atoms with Gasteiger partial charge >= 0.3 is 0 Å². The molecule has 1 aromatic heterocycles. The van der Waals surface area contributed by atoms with Crippen LogP contribution in [0.25, 0.3) is 11.0 Å². The van der Waals surface area contributed by atoms with Crippen molar-refractivity contribution < 1.29 is 4.79 Å². The molecule has 1 aliphatic carbocycles. The van der Waals surface area contributed by atoms with E-state index in [1.807, 2.05) is 18.2 Å². The molecule has 1 amide bonds. The van der Waals surface area contributed by atoms with E-state index in [-0.39, 0.29) is 17.4 Å². The number of nitrogens with zero attached hydrogens (tertiary/aromatic N) is 2. The third-order valence-corrected chi connectivity index (χ3v) is 6.46. The Bertz CT molecular complexity index is 992. The number of hydrogen-bond acceptors (Lipinski definition) is 2. The molecular weight excluding hydrogens is 322 g/mol. The van der Waals surface area contributed by atoms with Crippen LogP contribution < -0.4 is 0 Å². The smallest absolute Gasteiger partial charge is 0.254 e. The summed E-state index contributed by atoms with van der Waals surface area (Å²) < 4.78 is 0. The maximum Gasteiger partial charge on any atom is 0.254 e. The fourth-order valence-corrected chi connectivity index (χ4v) is 5.13. The van der Waals surface area contributed by atoms with Gasteiger partial charge in [-0.1, -0.05) is 31.2 Å². The molecule has 0 bridgehead atoms. The average molecular weight is 345 g/mol. The number of benzene rings is 2. The lowest BCUT2D eigenvalue weighted by Gasteiger charge is -2.52. The van der Waals surface area contributed by atoms with Crippen molar-refractivity contribution in [1.29, 1.82) is 0 Å². The summed E-state index contributed by atoms with van der Waals surface area (Å²) in [6.07, 6.45) is 5.98. The van der Waals surface area contributed by atoms with E-state index in [4.69, 9.17) is 0 Å². The van der Waals surface area contributed by atoms with Crippen LogP contribution in [-0.2, 0) is 11.8 Å². The second-order valence-electron chi connectivity index (χ2n) is 7.87. The number of imidazole rings is 1. The largest absolute Gasteiger partial charge is 0.345 e. The van der Waals surface area contributed by atoms with E-state index >= 15 is 0 Å². The summed E-state index contributed by atoms with van der Waals surface area (Å²) in [5.41, 5.74) is 5.52. The lowest BCUT2D eigenvalue weighted by atomic mass is 9.63. The fourth-order valence-electron chi connectivity index (χ4n) is 5.13. The van der Waals surface area contributed by atoms with E-state index in [0.29, 0.717) is 0 Å². The highest BCUT2D eigenvalue weighted by Gasteiger charge is 2.46. The standard InChI is InChI=1S/C22H23N3O/c1-22-11-4-12-25(20(22)10-8-15-5-2-3-6-17(15)22)21(26)16-7-9-18-19(13-16)24-14-23-18/h2-3,5-7,9,13-14,20H,4,8,10-12H2,1H3,(H,23,24)/t20?,22-/m1/s1. The molecule has 2 aliphatic rings. The Morgan fingerprint density at radius 1 is 1.27 bits per heavy atom. The van der Waals surface area contributed by atoms with E-state index in [9.17, 15) is 4.79 Å². The minimum Gasteiger partial charge on any atom is -0.345 e. The third-order valence-electron chi connectivity index (χ3n) is 6.46.